The lowest BCUT2D eigenvalue weighted by Crippen LogP contribution is -2.50. The summed E-state index contributed by atoms with van der Waals surface area (Å²) in [6.07, 6.45) is 0.834. The van der Waals surface area contributed by atoms with Gasteiger partial charge in [0, 0.05) is 30.8 Å². The number of halogens is 2. The summed E-state index contributed by atoms with van der Waals surface area (Å²) in [5.74, 6) is -3.40. The number of carboxylic acid groups (broad SMARTS) is 1. The molecule has 0 bridgehead atoms. The average Bonchev–Trinajstić information content (AvgIpc) is 2.98. The number of amidine groups is 1. The van der Waals surface area contributed by atoms with Crippen LogP contribution in [-0.2, 0) is 14.3 Å². The Labute approximate surface area is 251 Å². The Balaban J connectivity index is 1.30. The molecule has 1 aliphatic rings. The number of ether oxygens (including phenoxy) is 1. The topological polar surface area (TPSA) is 158 Å². The molecule has 0 saturated carbocycles. The maximum atomic E-state index is 12.9. The largest absolute Gasteiger partial charge is 0.480 e. The van der Waals surface area contributed by atoms with Crippen LogP contribution < -0.4 is 21.3 Å². The summed E-state index contributed by atoms with van der Waals surface area (Å²) in [6.45, 7) is 0.324. The van der Waals surface area contributed by atoms with E-state index in [2.05, 4.69) is 26.3 Å². The molecule has 0 aromatic heterocycles. The third-order valence-corrected chi connectivity index (χ3v) is 6.66. The van der Waals surface area contributed by atoms with Crippen LogP contribution in [0, 0.1) is 0 Å². The second-order valence-electron chi connectivity index (χ2n) is 9.13. The molecule has 0 fully saturated rings. The van der Waals surface area contributed by atoms with E-state index in [9.17, 15) is 24.3 Å². The minimum absolute atomic E-state index is 0.0354. The number of hydrogen-bond donors (Lipinski definition) is 5. The van der Waals surface area contributed by atoms with E-state index in [4.69, 9.17) is 27.9 Å². The fraction of sp³-hybridized carbons (Fsp3) is 0.207. The smallest absolute Gasteiger partial charge is 0.328 e. The molecule has 5 N–H and O–H groups in total. The molecule has 3 aromatic rings. The lowest BCUT2D eigenvalue weighted by atomic mass is 10.0. The van der Waals surface area contributed by atoms with Crippen molar-refractivity contribution in [2.24, 2.45) is 4.99 Å². The van der Waals surface area contributed by atoms with Crippen molar-refractivity contribution in [3.63, 3.8) is 0 Å². The van der Waals surface area contributed by atoms with E-state index >= 15 is 0 Å². The summed E-state index contributed by atoms with van der Waals surface area (Å²) in [7, 11) is 0. The van der Waals surface area contributed by atoms with Crippen LogP contribution in [0.1, 0.15) is 27.1 Å². The maximum absolute atomic E-state index is 12.9. The number of carbonyl (C=O) groups excluding carboxylic acids is 3. The highest BCUT2D eigenvalue weighted by Crippen LogP contribution is 2.31. The lowest BCUT2D eigenvalue weighted by Gasteiger charge is -2.17. The van der Waals surface area contributed by atoms with Crippen LogP contribution >= 0.6 is 23.2 Å². The number of carboxylic acids is 1. The van der Waals surface area contributed by atoms with Crippen LogP contribution in [0.25, 0.3) is 11.1 Å². The van der Waals surface area contributed by atoms with Gasteiger partial charge in [-0.1, -0.05) is 59.6 Å². The molecule has 1 atom stereocenters. The van der Waals surface area contributed by atoms with Crippen LogP contribution in [0.5, 0.6) is 0 Å². The van der Waals surface area contributed by atoms with Crippen LogP contribution in [0.15, 0.2) is 71.7 Å². The minimum Gasteiger partial charge on any atom is -0.480 e. The standard InChI is InChI=1S/C29H27Cl2N5O6/c30-21-13-19(17-6-2-1-3-7-17)14-22(31)25(21)27(39)36-23(28(40)41)15-33-24(37)16-34-26(38)18-8-4-9-20(12-18)35-29-32-10-5-11-42-29/h1-4,6-9,12-14,23H,5,10-11,15-16H2,(H,32,35)(H,33,37)(H,34,38)(H,36,39)(H,40,41)/t23-/m0/s1. The van der Waals surface area contributed by atoms with Gasteiger partial charge in [-0.25, -0.2) is 9.79 Å². The molecule has 4 rings (SSSR count). The number of rotatable bonds is 10. The Hall–Kier alpha value is -4.61. The molecule has 42 heavy (non-hydrogen) atoms. The monoisotopic (exact) mass is 611 g/mol. The summed E-state index contributed by atoms with van der Waals surface area (Å²) >= 11 is 12.7. The predicted molar refractivity (Wildman–Crippen MR) is 159 cm³/mol. The first-order valence-corrected chi connectivity index (χ1v) is 13.6. The van der Waals surface area contributed by atoms with E-state index in [1.165, 1.54) is 0 Å². The second kappa shape index (κ2) is 14.3. The van der Waals surface area contributed by atoms with Gasteiger partial charge in [0.2, 0.25) is 5.91 Å². The quantitative estimate of drug-likeness (QED) is 0.234. The maximum Gasteiger partial charge on any atom is 0.328 e. The number of carbonyl (C=O) groups is 4. The van der Waals surface area contributed by atoms with Gasteiger partial charge >= 0.3 is 5.97 Å². The van der Waals surface area contributed by atoms with Crippen LogP contribution in [-0.4, -0.2) is 67.1 Å². The van der Waals surface area contributed by atoms with Gasteiger partial charge in [-0.3, -0.25) is 14.4 Å². The summed E-state index contributed by atoms with van der Waals surface area (Å²) in [5.41, 5.74) is 2.29. The van der Waals surface area contributed by atoms with Crippen molar-refractivity contribution in [2.75, 3.05) is 31.6 Å². The SMILES string of the molecule is O=C(CNC(=O)c1cccc(NC2=NCCCO2)c1)NC[C@H](NC(=O)c1c(Cl)cc(-c2ccccc2)cc1Cl)C(=O)O. The normalized spacial score (nSPS) is 13.1. The zero-order chi connectivity index (χ0) is 30.1. The zero-order valence-corrected chi connectivity index (χ0v) is 23.7. The number of aliphatic imine (C=N–C) groups is 1. The summed E-state index contributed by atoms with van der Waals surface area (Å²) in [6, 6.07) is 17.8. The summed E-state index contributed by atoms with van der Waals surface area (Å²) in [4.78, 5) is 53.8. The van der Waals surface area contributed by atoms with Crippen LogP contribution in [0.4, 0.5) is 5.69 Å². The Morgan fingerprint density at radius 3 is 2.31 bits per heavy atom. The number of benzene rings is 3. The molecule has 0 unspecified atom stereocenters. The second-order valence-corrected chi connectivity index (χ2v) is 9.94. The third kappa shape index (κ3) is 8.21. The van der Waals surface area contributed by atoms with E-state index in [0.29, 0.717) is 30.4 Å². The van der Waals surface area contributed by atoms with Gasteiger partial charge in [-0.05, 0) is 41.5 Å². The molecule has 218 valence electrons. The fourth-order valence-electron chi connectivity index (χ4n) is 3.96. The number of anilines is 1. The van der Waals surface area contributed by atoms with Crippen molar-refractivity contribution >= 4 is 58.6 Å². The van der Waals surface area contributed by atoms with Gasteiger partial charge in [-0.15, -0.1) is 0 Å². The van der Waals surface area contributed by atoms with Crippen molar-refractivity contribution in [3.05, 3.63) is 87.9 Å². The van der Waals surface area contributed by atoms with Gasteiger partial charge in [-0.2, -0.15) is 0 Å². The molecule has 11 nitrogen and oxygen atoms in total. The van der Waals surface area contributed by atoms with Gasteiger partial charge in [0.25, 0.3) is 17.8 Å². The molecule has 3 amide bonds. The van der Waals surface area contributed by atoms with Crippen molar-refractivity contribution in [2.45, 2.75) is 12.5 Å². The highest BCUT2D eigenvalue weighted by Gasteiger charge is 2.25. The minimum atomic E-state index is -1.49. The van der Waals surface area contributed by atoms with E-state index in [1.54, 1.807) is 36.4 Å². The highest BCUT2D eigenvalue weighted by atomic mass is 35.5. The van der Waals surface area contributed by atoms with Crippen molar-refractivity contribution in [1.29, 1.82) is 0 Å². The van der Waals surface area contributed by atoms with Gasteiger partial charge < -0.3 is 31.1 Å². The highest BCUT2D eigenvalue weighted by molar-refractivity contribution is 6.40. The van der Waals surface area contributed by atoms with E-state index in [1.807, 2.05) is 30.3 Å². The number of nitrogens with one attached hydrogen (secondary N) is 4. The van der Waals surface area contributed by atoms with Gasteiger partial charge in [0.1, 0.15) is 6.04 Å². The average molecular weight is 612 g/mol. The fourth-order valence-corrected chi connectivity index (χ4v) is 4.61. The third-order valence-electron chi connectivity index (χ3n) is 6.07. The number of amides is 3. The summed E-state index contributed by atoms with van der Waals surface area (Å²) < 4.78 is 5.41. The summed E-state index contributed by atoms with van der Waals surface area (Å²) in [5, 5.41) is 19.8. The van der Waals surface area contributed by atoms with Crippen LogP contribution in [0.2, 0.25) is 10.0 Å². The van der Waals surface area contributed by atoms with Gasteiger partial charge in [0.05, 0.1) is 28.8 Å². The number of nitrogens with zero attached hydrogens (tertiary/aromatic N) is 1. The van der Waals surface area contributed by atoms with Crippen LogP contribution in [0.3, 0.4) is 0 Å². The molecule has 1 aliphatic heterocycles. The molecular formula is C29H27Cl2N5O6. The Bertz CT molecular complexity index is 1490. The molecule has 0 spiro atoms. The lowest BCUT2D eigenvalue weighted by molar-refractivity contribution is -0.139. The molecule has 0 saturated heterocycles. The zero-order valence-electron chi connectivity index (χ0n) is 22.2. The first kappa shape index (κ1) is 30.4. The molecule has 3 aromatic carbocycles. The van der Waals surface area contributed by atoms with Gasteiger partial charge in [0.15, 0.2) is 0 Å². The van der Waals surface area contributed by atoms with E-state index in [0.717, 1.165) is 12.0 Å². The number of hydrogen-bond acceptors (Lipinski definition) is 7. The first-order chi connectivity index (χ1) is 20.2. The van der Waals surface area contributed by atoms with Crippen molar-refractivity contribution in [1.82, 2.24) is 16.0 Å². The molecule has 0 aliphatic carbocycles. The molecule has 13 heteroatoms. The Morgan fingerprint density at radius 2 is 1.64 bits per heavy atom. The van der Waals surface area contributed by atoms with Crippen molar-refractivity contribution in [3.8, 4) is 11.1 Å². The molecule has 1 heterocycles. The van der Waals surface area contributed by atoms with E-state index < -0.39 is 42.8 Å². The molecular weight excluding hydrogens is 585 g/mol. The molecule has 0 radical (unpaired) electrons. The first-order valence-electron chi connectivity index (χ1n) is 12.9. The predicted octanol–water partition coefficient (Wildman–Crippen LogP) is 3.58. The number of aliphatic carboxylic acids is 1. The van der Waals surface area contributed by atoms with E-state index in [-0.39, 0.29) is 21.2 Å². The Kier molecular flexibility index (Phi) is 10.4. The van der Waals surface area contributed by atoms with Crippen molar-refractivity contribution < 1.29 is 29.0 Å². The Morgan fingerprint density at radius 1 is 0.905 bits per heavy atom.